The molecule has 11 heavy (non-hydrogen) atoms. The highest BCUT2D eigenvalue weighted by molar-refractivity contribution is 9.10. The van der Waals surface area contributed by atoms with Crippen molar-refractivity contribution in [2.75, 3.05) is 0 Å². The van der Waals surface area contributed by atoms with Gasteiger partial charge in [-0.25, -0.2) is 0 Å². The molecular weight excluding hydrogens is 204 g/mol. The van der Waals surface area contributed by atoms with Crippen molar-refractivity contribution in [3.63, 3.8) is 0 Å². The SMILES string of the molecule is [2H]c1c(C#N)cc(Br)c(C#N)c1[2H]. The molecule has 0 aliphatic carbocycles. The normalized spacial score (nSPS) is 10.8. The molecule has 0 radical (unpaired) electrons. The molecule has 0 N–H and O–H groups in total. The number of benzene rings is 1. The molecule has 0 amide bonds. The van der Waals surface area contributed by atoms with E-state index in [9.17, 15) is 0 Å². The Morgan fingerprint density at radius 1 is 1.36 bits per heavy atom. The Balaban J connectivity index is 3.60. The lowest BCUT2D eigenvalue weighted by molar-refractivity contribution is 1.43. The summed E-state index contributed by atoms with van der Waals surface area (Å²) >= 11 is 3.06. The second-order valence-electron chi connectivity index (χ2n) is 1.75. The summed E-state index contributed by atoms with van der Waals surface area (Å²) < 4.78 is 15.1. The van der Waals surface area contributed by atoms with Crippen LogP contribution in [0.15, 0.2) is 22.6 Å². The lowest BCUT2D eigenvalue weighted by atomic mass is 10.2. The second kappa shape index (κ2) is 3.18. The molecule has 1 aromatic rings. The number of nitrogens with zero attached hydrogens (tertiary/aromatic N) is 2. The van der Waals surface area contributed by atoms with E-state index >= 15 is 0 Å². The molecule has 0 heterocycles. The monoisotopic (exact) mass is 208 g/mol. The maximum Gasteiger partial charge on any atom is 0.100 e. The molecular formula is C8H3BrN2. The van der Waals surface area contributed by atoms with E-state index in [1.54, 1.807) is 12.1 Å². The van der Waals surface area contributed by atoms with Gasteiger partial charge in [-0.05, 0) is 34.1 Å². The summed E-state index contributed by atoms with van der Waals surface area (Å²) in [6.45, 7) is 0. The van der Waals surface area contributed by atoms with Gasteiger partial charge in [-0.3, -0.25) is 0 Å². The third-order valence-electron chi connectivity index (χ3n) is 1.06. The Labute approximate surface area is 75.6 Å². The first kappa shape index (κ1) is 5.35. The van der Waals surface area contributed by atoms with Gasteiger partial charge in [0.05, 0.1) is 19.9 Å². The van der Waals surface area contributed by atoms with E-state index in [-0.39, 0.29) is 23.2 Å². The van der Waals surface area contributed by atoms with Crippen LogP contribution in [0, 0.1) is 22.7 Å². The molecule has 0 saturated heterocycles. The highest BCUT2D eigenvalue weighted by Crippen LogP contribution is 2.16. The molecule has 0 fully saturated rings. The van der Waals surface area contributed by atoms with Crippen molar-refractivity contribution >= 4 is 15.9 Å². The van der Waals surface area contributed by atoms with E-state index in [0.29, 0.717) is 4.47 Å². The highest BCUT2D eigenvalue weighted by Gasteiger charge is 1.98. The quantitative estimate of drug-likeness (QED) is 0.657. The summed E-state index contributed by atoms with van der Waals surface area (Å²) in [6, 6.07) is 4.53. The Morgan fingerprint density at radius 2 is 2.09 bits per heavy atom. The molecule has 0 aliphatic rings. The number of hydrogen-bond donors (Lipinski definition) is 0. The molecule has 1 aromatic carbocycles. The van der Waals surface area contributed by atoms with Gasteiger partial charge in [0.25, 0.3) is 0 Å². The predicted octanol–water partition coefficient (Wildman–Crippen LogP) is 2.19. The standard InChI is InChI=1S/C8H3BrN2/c9-8-3-6(4-10)1-2-7(8)5-11/h1-3H/i1D,2D. The first-order valence-electron chi connectivity index (χ1n) is 3.71. The Hall–Kier alpha value is -1.32. The fraction of sp³-hybridized carbons (Fsp3) is 0. The van der Waals surface area contributed by atoms with E-state index in [1.165, 1.54) is 6.07 Å². The van der Waals surface area contributed by atoms with Gasteiger partial charge in [-0.15, -0.1) is 0 Å². The van der Waals surface area contributed by atoms with Gasteiger partial charge in [-0.2, -0.15) is 10.5 Å². The molecule has 0 spiro atoms. The maximum absolute atomic E-state index is 8.62. The Kier molecular flexibility index (Phi) is 1.55. The predicted molar refractivity (Wildman–Crippen MR) is 43.6 cm³/mol. The zero-order chi connectivity index (χ0) is 10.0. The van der Waals surface area contributed by atoms with E-state index in [1.807, 2.05) is 0 Å². The van der Waals surface area contributed by atoms with Crippen LogP contribution in [0.25, 0.3) is 0 Å². The van der Waals surface area contributed by atoms with Crippen LogP contribution in [0.2, 0.25) is 0 Å². The van der Waals surface area contributed by atoms with Crippen molar-refractivity contribution < 1.29 is 2.74 Å². The molecule has 0 saturated carbocycles. The van der Waals surface area contributed by atoms with Crippen molar-refractivity contribution in [3.05, 3.63) is 33.8 Å². The van der Waals surface area contributed by atoms with Crippen LogP contribution in [0.4, 0.5) is 0 Å². The summed E-state index contributed by atoms with van der Waals surface area (Å²) in [5, 5.41) is 17.2. The Bertz CT molecular complexity index is 443. The van der Waals surface area contributed by atoms with Crippen LogP contribution >= 0.6 is 15.9 Å². The molecule has 52 valence electrons. The van der Waals surface area contributed by atoms with E-state index in [4.69, 9.17) is 13.3 Å². The van der Waals surface area contributed by atoms with Crippen LogP contribution in [-0.2, 0) is 0 Å². The second-order valence-corrected chi connectivity index (χ2v) is 2.61. The average molecular weight is 209 g/mol. The highest BCUT2D eigenvalue weighted by atomic mass is 79.9. The van der Waals surface area contributed by atoms with Gasteiger partial charge in [0.15, 0.2) is 0 Å². The van der Waals surface area contributed by atoms with Crippen LogP contribution in [-0.4, -0.2) is 0 Å². The minimum atomic E-state index is -0.214. The summed E-state index contributed by atoms with van der Waals surface area (Å²) in [5.41, 5.74) is 0.180. The number of nitriles is 2. The minimum Gasteiger partial charge on any atom is -0.192 e. The minimum absolute atomic E-state index is 0.0870. The number of halogens is 1. The molecule has 0 bridgehead atoms. The third-order valence-corrected chi connectivity index (χ3v) is 1.69. The molecule has 0 unspecified atom stereocenters. The lowest BCUT2D eigenvalue weighted by Crippen LogP contribution is -1.78. The van der Waals surface area contributed by atoms with E-state index < -0.39 is 0 Å². The van der Waals surface area contributed by atoms with Crippen molar-refractivity contribution in [2.45, 2.75) is 0 Å². The van der Waals surface area contributed by atoms with Gasteiger partial charge in [0.2, 0.25) is 0 Å². The maximum atomic E-state index is 8.62. The van der Waals surface area contributed by atoms with E-state index in [0.717, 1.165) is 0 Å². The zero-order valence-electron chi connectivity index (χ0n) is 7.35. The summed E-state index contributed by atoms with van der Waals surface area (Å²) in [7, 11) is 0. The first-order valence-corrected chi connectivity index (χ1v) is 3.51. The lowest BCUT2D eigenvalue weighted by Gasteiger charge is -1.92. The fourth-order valence-corrected chi connectivity index (χ4v) is 0.983. The third kappa shape index (κ3) is 1.58. The fourth-order valence-electron chi connectivity index (χ4n) is 0.566. The van der Waals surface area contributed by atoms with Crippen molar-refractivity contribution in [1.82, 2.24) is 0 Å². The molecule has 1 rings (SSSR count). The smallest absolute Gasteiger partial charge is 0.100 e. The first-order chi connectivity index (χ1) is 6.11. The van der Waals surface area contributed by atoms with Crippen molar-refractivity contribution in [2.24, 2.45) is 0 Å². The summed E-state index contributed by atoms with van der Waals surface area (Å²) in [6.07, 6.45) is 0. The van der Waals surface area contributed by atoms with Crippen LogP contribution < -0.4 is 0 Å². The van der Waals surface area contributed by atoms with Crippen LogP contribution in [0.5, 0.6) is 0 Å². The summed E-state index contributed by atoms with van der Waals surface area (Å²) in [5.74, 6) is 0. The molecule has 2 nitrogen and oxygen atoms in total. The summed E-state index contributed by atoms with van der Waals surface area (Å²) in [4.78, 5) is 0. The zero-order valence-corrected chi connectivity index (χ0v) is 6.94. The topological polar surface area (TPSA) is 47.6 Å². The van der Waals surface area contributed by atoms with Gasteiger partial charge in [0, 0.05) is 4.47 Å². The molecule has 3 heteroatoms. The van der Waals surface area contributed by atoms with Gasteiger partial charge in [-0.1, -0.05) is 0 Å². The Morgan fingerprint density at radius 3 is 2.64 bits per heavy atom. The molecule has 0 aromatic heterocycles. The van der Waals surface area contributed by atoms with Crippen LogP contribution in [0.3, 0.4) is 0 Å². The number of rotatable bonds is 0. The van der Waals surface area contributed by atoms with E-state index in [2.05, 4.69) is 15.9 Å². The molecule has 0 atom stereocenters. The van der Waals surface area contributed by atoms with Crippen molar-refractivity contribution in [1.29, 1.82) is 10.5 Å². The van der Waals surface area contributed by atoms with Crippen LogP contribution in [0.1, 0.15) is 13.9 Å². The average Bonchev–Trinajstić information content (AvgIpc) is 2.12. The largest absolute Gasteiger partial charge is 0.192 e. The van der Waals surface area contributed by atoms with Crippen molar-refractivity contribution in [3.8, 4) is 12.1 Å². The van der Waals surface area contributed by atoms with Gasteiger partial charge < -0.3 is 0 Å². The van der Waals surface area contributed by atoms with Gasteiger partial charge in [0.1, 0.15) is 6.07 Å². The number of hydrogen-bond acceptors (Lipinski definition) is 2. The van der Waals surface area contributed by atoms with Gasteiger partial charge >= 0.3 is 0 Å². The molecule has 0 aliphatic heterocycles.